The molecule has 1 atom stereocenters. The second-order valence-electron chi connectivity index (χ2n) is 10.2. The number of benzene rings is 3. The summed E-state index contributed by atoms with van der Waals surface area (Å²) < 4.78 is 32.5. The van der Waals surface area contributed by atoms with E-state index in [2.05, 4.69) is 5.32 Å². The Bertz CT molecular complexity index is 1360. The zero-order valence-electron chi connectivity index (χ0n) is 24.3. The van der Waals surface area contributed by atoms with E-state index in [9.17, 15) is 18.0 Å². The first-order valence-corrected chi connectivity index (χ1v) is 15.8. The highest BCUT2D eigenvalue weighted by molar-refractivity contribution is 7.92. The van der Waals surface area contributed by atoms with Gasteiger partial charge in [-0.05, 0) is 50.5 Å². The molecule has 0 bridgehead atoms. The lowest BCUT2D eigenvalue weighted by molar-refractivity contribution is -0.141. The number of hydrogen-bond acceptors (Lipinski definition) is 5. The van der Waals surface area contributed by atoms with Crippen LogP contribution in [0, 0.1) is 0 Å². The van der Waals surface area contributed by atoms with Crippen molar-refractivity contribution in [1.29, 1.82) is 0 Å². The fourth-order valence-corrected chi connectivity index (χ4v) is 5.61. The standard InChI is InChI=1S/C32H41N3O5S/c1-5-40-30-20-13-12-19-28(30)35(41(4,38)39)22-14-21-31(36)34(24-27-17-10-7-11-18-27)29(32(37)33-25(2)3)23-26-15-8-6-9-16-26/h6-13,15-20,25,29H,5,14,21-24H2,1-4H3,(H,33,37)/t29-/m1/s1. The molecule has 3 rings (SSSR count). The van der Waals surface area contributed by atoms with Gasteiger partial charge in [0.25, 0.3) is 0 Å². The van der Waals surface area contributed by atoms with Gasteiger partial charge in [-0.3, -0.25) is 13.9 Å². The third-order valence-corrected chi connectivity index (χ3v) is 7.66. The van der Waals surface area contributed by atoms with Gasteiger partial charge in [0.15, 0.2) is 0 Å². The van der Waals surface area contributed by atoms with Gasteiger partial charge in [-0.15, -0.1) is 0 Å². The number of carbonyl (C=O) groups is 2. The molecule has 9 heteroatoms. The van der Waals surface area contributed by atoms with Crippen molar-refractivity contribution in [2.45, 2.75) is 58.7 Å². The van der Waals surface area contributed by atoms with E-state index in [0.717, 1.165) is 17.4 Å². The second kappa shape index (κ2) is 15.2. The number of nitrogens with zero attached hydrogens (tertiary/aromatic N) is 2. The van der Waals surface area contributed by atoms with Crippen LogP contribution in [0.3, 0.4) is 0 Å². The van der Waals surface area contributed by atoms with E-state index in [-0.39, 0.29) is 43.8 Å². The van der Waals surface area contributed by atoms with Crippen molar-refractivity contribution in [3.8, 4) is 5.75 Å². The Morgan fingerprint density at radius 3 is 2.05 bits per heavy atom. The molecular formula is C32H41N3O5S. The van der Waals surface area contributed by atoms with Crippen molar-refractivity contribution in [1.82, 2.24) is 10.2 Å². The Kier molecular flexibility index (Phi) is 11.8. The first kappa shape index (κ1) is 31.7. The molecular weight excluding hydrogens is 538 g/mol. The Hall–Kier alpha value is -3.85. The normalized spacial score (nSPS) is 12.0. The highest BCUT2D eigenvalue weighted by atomic mass is 32.2. The summed E-state index contributed by atoms with van der Waals surface area (Å²) in [6.07, 6.45) is 1.83. The number of rotatable bonds is 15. The number of hydrogen-bond donors (Lipinski definition) is 1. The van der Waals surface area contributed by atoms with Crippen molar-refractivity contribution in [2.75, 3.05) is 23.7 Å². The van der Waals surface area contributed by atoms with Crippen molar-refractivity contribution in [3.05, 3.63) is 96.1 Å². The highest BCUT2D eigenvalue weighted by Crippen LogP contribution is 2.30. The van der Waals surface area contributed by atoms with Crippen LogP contribution in [0.5, 0.6) is 5.75 Å². The first-order valence-electron chi connectivity index (χ1n) is 14.0. The summed E-state index contributed by atoms with van der Waals surface area (Å²) in [6, 6.07) is 25.3. The lowest BCUT2D eigenvalue weighted by Crippen LogP contribution is -2.51. The summed E-state index contributed by atoms with van der Waals surface area (Å²) in [4.78, 5) is 29.0. The van der Waals surface area contributed by atoms with Gasteiger partial charge in [0.1, 0.15) is 11.8 Å². The van der Waals surface area contributed by atoms with E-state index in [1.165, 1.54) is 4.31 Å². The molecule has 41 heavy (non-hydrogen) atoms. The summed E-state index contributed by atoms with van der Waals surface area (Å²) in [7, 11) is -3.65. The van der Waals surface area contributed by atoms with Crippen LogP contribution in [0.25, 0.3) is 0 Å². The lowest BCUT2D eigenvalue weighted by Gasteiger charge is -2.32. The van der Waals surface area contributed by atoms with Crippen molar-refractivity contribution in [3.63, 3.8) is 0 Å². The molecule has 0 spiro atoms. The highest BCUT2D eigenvalue weighted by Gasteiger charge is 2.31. The molecule has 0 aliphatic carbocycles. The van der Waals surface area contributed by atoms with Gasteiger partial charge in [-0.1, -0.05) is 72.8 Å². The number of carbonyl (C=O) groups excluding carboxylic acids is 2. The minimum Gasteiger partial charge on any atom is -0.492 e. The predicted molar refractivity (Wildman–Crippen MR) is 163 cm³/mol. The fraction of sp³-hybridized carbons (Fsp3) is 0.375. The smallest absolute Gasteiger partial charge is 0.243 e. The van der Waals surface area contributed by atoms with Gasteiger partial charge in [0, 0.05) is 32.0 Å². The van der Waals surface area contributed by atoms with E-state index < -0.39 is 16.1 Å². The molecule has 0 fully saturated rings. The van der Waals surface area contributed by atoms with Gasteiger partial charge in [-0.25, -0.2) is 8.42 Å². The average molecular weight is 580 g/mol. The van der Waals surface area contributed by atoms with Crippen molar-refractivity contribution >= 4 is 27.5 Å². The topological polar surface area (TPSA) is 96.0 Å². The number of para-hydroxylation sites is 2. The minimum atomic E-state index is -3.65. The van der Waals surface area contributed by atoms with Crippen LogP contribution in [0.15, 0.2) is 84.9 Å². The minimum absolute atomic E-state index is 0.0654. The molecule has 1 N–H and O–H groups in total. The van der Waals surface area contributed by atoms with Gasteiger partial charge < -0.3 is 15.0 Å². The Morgan fingerprint density at radius 2 is 1.46 bits per heavy atom. The monoisotopic (exact) mass is 579 g/mol. The zero-order valence-corrected chi connectivity index (χ0v) is 25.1. The molecule has 0 saturated carbocycles. The summed E-state index contributed by atoms with van der Waals surface area (Å²) in [5.74, 6) is 0.0162. The van der Waals surface area contributed by atoms with Crippen LogP contribution in [0.1, 0.15) is 44.7 Å². The molecule has 220 valence electrons. The maximum Gasteiger partial charge on any atom is 0.243 e. The molecule has 0 heterocycles. The Labute approximate surface area is 244 Å². The molecule has 0 unspecified atom stereocenters. The Balaban J connectivity index is 1.87. The van der Waals surface area contributed by atoms with Gasteiger partial charge >= 0.3 is 0 Å². The molecule has 8 nitrogen and oxygen atoms in total. The average Bonchev–Trinajstić information content (AvgIpc) is 2.93. The maximum atomic E-state index is 13.9. The molecule has 0 aliphatic heterocycles. The predicted octanol–water partition coefficient (Wildman–Crippen LogP) is 4.80. The number of amides is 2. The third-order valence-electron chi connectivity index (χ3n) is 6.48. The van der Waals surface area contributed by atoms with E-state index in [0.29, 0.717) is 24.5 Å². The number of nitrogens with one attached hydrogen (secondary N) is 1. The molecule has 2 amide bonds. The first-order chi connectivity index (χ1) is 19.6. The maximum absolute atomic E-state index is 13.9. The molecule has 0 aromatic heterocycles. The van der Waals surface area contributed by atoms with Crippen LogP contribution in [-0.2, 0) is 32.6 Å². The Morgan fingerprint density at radius 1 is 0.878 bits per heavy atom. The largest absolute Gasteiger partial charge is 0.492 e. The SMILES string of the molecule is CCOc1ccccc1N(CCCC(=O)N(Cc1ccccc1)[C@H](Cc1ccccc1)C(=O)NC(C)C)S(C)(=O)=O. The molecule has 0 radical (unpaired) electrons. The molecule has 3 aromatic rings. The van der Waals surface area contributed by atoms with Crippen LogP contribution < -0.4 is 14.4 Å². The molecule has 0 saturated heterocycles. The fourth-order valence-electron chi connectivity index (χ4n) is 4.64. The quantitative estimate of drug-likeness (QED) is 0.279. The van der Waals surface area contributed by atoms with Crippen LogP contribution in [0.2, 0.25) is 0 Å². The number of anilines is 1. The second-order valence-corrected chi connectivity index (χ2v) is 12.1. The van der Waals surface area contributed by atoms with E-state index in [1.807, 2.05) is 81.4 Å². The van der Waals surface area contributed by atoms with Gasteiger partial charge in [0.05, 0.1) is 18.6 Å². The lowest BCUT2D eigenvalue weighted by atomic mass is 10.0. The number of sulfonamides is 1. The zero-order chi connectivity index (χ0) is 29.8. The van der Waals surface area contributed by atoms with Crippen LogP contribution >= 0.6 is 0 Å². The summed E-state index contributed by atoms with van der Waals surface area (Å²) >= 11 is 0. The van der Waals surface area contributed by atoms with Gasteiger partial charge in [-0.2, -0.15) is 0 Å². The summed E-state index contributed by atoms with van der Waals surface area (Å²) in [5, 5.41) is 2.98. The van der Waals surface area contributed by atoms with Crippen LogP contribution in [-0.4, -0.2) is 56.6 Å². The summed E-state index contributed by atoms with van der Waals surface area (Å²) in [5.41, 5.74) is 2.28. The van der Waals surface area contributed by atoms with E-state index in [4.69, 9.17) is 4.74 Å². The summed E-state index contributed by atoms with van der Waals surface area (Å²) in [6.45, 7) is 6.36. The van der Waals surface area contributed by atoms with Crippen LogP contribution in [0.4, 0.5) is 5.69 Å². The van der Waals surface area contributed by atoms with Crippen molar-refractivity contribution in [2.24, 2.45) is 0 Å². The van der Waals surface area contributed by atoms with E-state index in [1.54, 1.807) is 29.2 Å². The molecule has 0 aliphatic rings. The van der Waals surface area contributed by atoms with Gasteiger partial charge in [0.2, 0.25) is 21.8 Å². The van der Waals surface area contributed by atoms with Crippen molar-refractivity contribution < 1.29 is 22.7 Å². The molecule has 3 aromatic carbocycles. The third kappa shape index (κ3) is 9.63. The van der Waals surface area contributed by atoms with E-state index >= 15 is 0 Å². The number of ether oxygens (including phenoxy) is 1.